The molecule has 1 N–H and O–H groups in total. The van der Waals surface area contributed by atoms with Crippen LogP contribution in [0.25, 0.3) is 43.5 Å². The van der Waals surface area contributed by atoms with Gasteiger partial charge in [0.25, 0.3) is 5.56 Å². The van der Waals surface area contributed by atoms with Crippen LogP contribution in [0, 0.1) is 39.0 Å². The van der Waals surface area contributed by atoms with Crippen LogP contribution < -0.4 is 10.3 Å². The highest BCUT2D eigenvalue weighted by atomic mass is 35.5. The number of nitrogens with zero attached hydrogens (tertiary/aromatic N) is 6. The zero-order valence-electron chi connectivity index (χ0n) is 26.2. The van der Waals surface area contributed by atoms with Gasteiger partial charge in [0.1, 0.15) is 24.3 Å². The van der Waals surface area contributed by atoms with Crippen LogP contribution in [-0.4, -0.2) is 42.2 Å². The second-order valence-electron chi connectivity index (χ2n) is 11.2. The number of aryl methyl sites for hydroxylation is 4. The van der Waals surface area contributed by atoms with Crippen molar-refractivity contribution in [3.63, 3.8) is 0 Å². The molecule has 6 aromatic rings. The zero-order chi connectivity index (χ0) is 35.4. The van der Waals surface area contributed by atoms with E-state index in [-0.39, 0.29) is 46.8 Å². The highest BCUT2D eigenvalue weighted by molar-refractivity contribution is 7.18. The van der Waals surface area contributed by atoms with E-state index in [0.29, 0.717) is 43.5 Å². The third-order valence-electron chi connectivity index (χ3n) is 7.85. The molecule has 10 nitrogen and oxygen atoms in total. The number of aromatic carboxylic acids is 1. The Morgan fingerprint density at radius 1 is 1.08 bits per heavy atom. The summed E-state index contributed by atoms with van der Waals surface area (Å²) >= 11 is 7.58. The van der Waals surface area contributed by atoms with Crippen LogP contribution in [0.2, 0.25) is 5.02 Å². The van der Waals surface area contributed by atoms with Crippen LogP contribution in [0.3, 0.4) is 0 Å². The van der Waals surface area contributed by atoms with Crippen LogP contribution in [-0.2, 0) is 12.7 Å². The molecule has 0 radical (unpaired) electrons. The lowest BCUT2D eigenvalue weighted by atomic mass is 9.93. The summed E-state index contributed by atoms with van der Waals surface area (Å²) in [5.41, 5.74) is -0.669. The van der Waals surface area contributed by atoms with E-state index >= 15 is 0 Å². The standard InChI is InChI=1S/C34H24ClF3N6O4S/c1-15-9-21(31-30(41-15)23(14-49-31)33(46)47)20-10-19(35)5-6-26(20)48-8-7-44-18(4)43-25-11-24(34(36,37)38)27(22(12-39)28(25)32(44)45)29-17(3)40-13-16(2)42-29/h5-6,9-11,13-14H,7-8H2,1-4H3,(H,46,47). The van der Waals surface area contributed by atoms with Crippen molar-refractivity contribution in [1.29, 1.82) is 5.26 Å². The number of aromatic nitrogens is 5. The second kappa shape index (κ2) is 12.6. The number of halogens is 4. The van der Waals surface area contributed by atoms with E-state index in [4.69, 9.17) is 16.3 Å². The summed E-state index contributed by atoms with van der Waals surface area (Å²) in [6, 6.07) is 9.31. The number of thiophene rings is 1. The van der Waals surface area contributed by atoms with E-state index in [1.807, 2.05) is 6.07 Å². The van der Waals surface area contributed by atoms with E-state index in [1.54, 1.807) is 38.1 Å². The summed E-state index contributed by atoms with van der Waals surface area (Å²) in [6.45, 7) is 6.09. The fourth-order valence-corrected chi connectivity index (χ4v) is 6.87. The Labute approximate surface area is 285 Å². The third-order valence-corrected chi connectivity index (χ3v) is 9.09. The molecule has 2 aromatic carbocycles. The quantitative estimate of drug-likeness (QED) is 0.177. The van der Waals surface area contributed by atoms with Crippen molar-refractivity contribution in [2.24, 2.45) is 0 Å². The second-order valence-corrected chi connectivity index (χ2v) is 12.5. The maximum Gasteiger partial charge on any atom is 0.417 e. The molecular formula is C34H24ClF3N6O4S. The molecule has 0 aliphatic carbocycles. The summed E-state index contributed by atoms with van der Waals surface area (Å²) in [7, 11) is 0. The van der Waals surface area contributed by atoms with Crippen LogP contribution in [0.4, 0.5) is 13.2 Å². The van der Waals surface area contributed by atoms with E-state index in [0.717, 1.165) is 6.07 Å². The van der Waals surface area contributed by atoms with Crippen LogP contribution >= 0.6 is 22.9 Å². The number of alkyl halides is 3. The number of hydrogen-bond donors (Lipinski definition) is 1. The topological polar surface area (TPSA) is 144 Å². The summed E-state index contributed by atoms with van der Waals surface area (Å²) in [5, 5.41) is 21.5. The number of carboxylic acid groups (broad SMARTS) is 1. The average Bonchev–Trinajstić information content (AvgIpc) is 3.47. The van der Waals surface area contributed by atoms with Gasteiger partial charge in [-0.05, 0) is 58.0 Å². The molecule has 0 fully saturated rings. The van der Waals surface area contributed by atoms with Gasteiger partial charge in [-0.1, -0.05) is 11.6 Å². The van der Waals surface area contributed by atoms with Gasteiger partial charge in [-0.15, -0.1) is 11.3 Å². The van der Waals surface area contributed by atoms with E-state index in [1.165, 1.54) is 41.3 Å². The average molecular weight is 705 g/mol. The fraction of sp³-hybridized carbons (Fsp3) is 0.206. The van der Waals surface area contributed by atoms with Crippen LogP contribution in [0.5, 0.6) is 5.75 Å². The first kappa shape index (κ1) is 33.5. The lowest BCUT2D eigenvalue weighted by molar-refractivity contribution is -0.137. The van der Waals surface area contributed by atoms with E-state index in [2.05, 4.69) is 19.9 Å². The lowest BCUT2D eigenvalue weighted by Crippen LogP contribution is -2.28. The molecular weight excluding hydrogens is 681 g/mol. The zero-order valence-corrected chi connectivity index (χ0v) is 27.8. The van der Waals surface area contributed by atoms with Crippen molar-refractivity contribution in [2.45, 2.75) is 40.4 Å². The Morgan fingerprint density at radius 2 is 1.84 bits per heavy atom. The first-order valence-electron chi connectivity index (χ1n) is 14.6. The van der Waals surface area contributed by atoms with Gasteiger partial charge in [0, 0.05) is 39.0 Å². The van der Waals surface area contributed by atoms with Gasteiger partial charge in [0.15, 0.2) is 0 Å². The minimum absolute atomic E-state index is 0.0694. The lowest BCUT2D eigenvalue weighted by Gasteiger charge is -2.19. The summed E-state index contributed by atoms with van der Waals surface area (Å²) in [5.74, 6) is -0.616. The molecule has 0 spiro atoms. The number of pyridine rings is 1. The van der Waals surface area contributed by atoms with Crippen molar-refractivity contribution < 1.29 is 27.8 Å². The van der Waals surface area contributed by atoms with Gasteiger partial charge >= 0.3 is 12.1 Å². The SMILES string of the molecule is Cc1cnc(C)c(-c2c(C(F)(F)F)cc3nc(C)n(CCOc4ccc(Cl)cc4-c4cc(C)nc5c(C(=O)O)csc45)c(=O)c3c2C#N)n1. The largest absolute Gasteiger partial charge is 0.491 e. The highest BCUT2D eigenvalue weighted by Crippen LogP contribution is 2.42. The van der Waals surface area contributed by atoms with Gasteiger partial charge in [-0.3, -0.25) is 19.3 Å². The molecule has 0 bridgehead atoms. The third kappa shape index (κ3) is 6.07. The molecule has 0 saturated heterocycles. The van der Waals surface area contributed by atoms with E-state index < -0.39 is 34.4 Å². The minimum atomic E-state index is -4.89. The van der Waals surface area contributed by atoms with Gasteiger partial charge in [0.05, 0.1) is 61.4 Å². The highest BCUT2D eigenvalue weighted by Gasteiger charge is 2.38. The molecule has 0 saturated carbocycles. The Morgan fingerprint density at radius 3 is 2.53 bits per heavy atom. The Bertz CT molecular complexity index is 2450. The van der Waals surface area contributed by atoms with Gasteiger partial charge in [-0.2, -0.15) is 18.4 Å². The molecule has 0 aliphatic rings. The Kier molecular flexibility index (Phi) is 8.60. The first-order chi connectivity index (χ1) is 23.2. The summed E-state index contributed by atoms with van der Waals surface area (Å²) in [6.07, 6.45) is -3.49. The summed E-state index contributed by atoms with van der Waals surface area (Å²) < 4.78 is 51.3. The number of ether oxygens (including phenoxy) is 1. The molecule has 4 heterocycles. The number of hydrogen-bond acceptors (Lipinski definition) is 9. The smallest absolute Gasteiger partial charge is 0.417 e. The fourth-order valence-electron chi connectivity index (χ4n) is 5.68. The minimum Gasteiger partial charge on any atom is -0.491 e. The maximum atomic E-state index is 14.4. The number of rotatable bonds is 7. The van der Waals surface area contributed by atoms with Crippen molar-refractivity contribution in [3.05, 3.63) is 96.9 Å². The first-order valence-corrected chi connectivity index (χ1v) is 15.9. The monoisotopic (exact) mass is 704 g/mol. The van der Waals surface area contributed by atoms with Crippen molar-refractivity contribution in [1.82, 2.24) is 24.5 Å². The predicted octanol–water partition coefficient (Wildman–Crippen LogP) is 7.68. The number of carbonyl (C=O) groups is 1. The number of fused-ring (bicyclic) bond motifs is 2. The maximum absolute atomic E-state index is 14.4. The molecule has 248 valence electrons. The molecule has 0 amide bonds. The number of carboxylic acids is 1. The molecule has 15 heteroatoms. The van der Waals surface area contributed by atoms with Gasteiger partial charge in [-0.25, -0.2) is 14.8 Å². The normalized spacial score (nSPS) is 11.7. The Hall–Kier alpha value is -5.39. The summed E-state index contributed by atoms with van der Waals surface area (Å²) in [4.78, 5) is 42.9. The number of benzene rings is 2. The van der Waals surface area contributed by atoms with Crippen molar-refractivity contribution in [2.75, 3.05) is 6.61 Å². The molecule has 49 heavy (non-hydrogen) atoms. The van der Waals surface area contributed by atoms with Gasteiger partial charge < -0.3 is 9.84 Å². The molecule has 0 unspecified atom stereocenters. The van der Waals surface area contributed by atoms with E-state index in [9.17, 15) is 33.1 Å². The van der Waals surface area contributed by atoms with Crippen LogP contribution in [0.1, 0.15) is 44.4 Å². The van der Waals surface area contributed by atoms with Gasteiger partial charge in [0.2, 0.25) is 0 Å². The molecule has 0 atom stereocenters. The Balaban J connectivity index is 1.43. The van der Waals surface area contributed by atoms with Crippen LogP contribution in [0.15, 0.2) is 46.7 Å². The molecule has 4 aromatic heterocycles. The number of nitriles is 1. The molecule has 6 rings (SSSR count). The predicted molar refractivity (Wildman–Crippen MR) is 178 cm³/mol. The molecule has 0 aliphatic heterocycles. The van der Waals surface area contributed by atoms with Crippen molar-refractivity contribution in [3.8, 4) is 34.2 Å². The van der Waals surface area contributed by atoms with Crippen molar-refractivity contribution >= 4 is 50.0 Å².